The number of guanidine groups is 1. The molecule has 6 nitrogen and oxygen atoms in total. The highest BCUT2D eigenvalue weighted by Gasteiger charge is 1.97. The van der Waals surface area contributed by atoms with E-state index in [1.54, 1.807) is 14.2 Å². The molecule has 2 rings (SSSR count). The van der Waals surface area contributed by atoms with Crippen LogP contribution in [0.3, 0.4) is 0 Å². The summed E-state index contributed by atoms with van der Waals surface area (Å²) in [5, 5.41) is 3.04. The third-order valence-electron chi connectivity index (χ3n) is 3.52. The van der Waals surface area contributed by atoms with Gasteiger partial charge in [0.15, 0.2) is 5.96 Å². The maximum absolute atomic E-state index is 5.86. The van der Waals surface area contributed by atoms with E-state index >= 15 is 0 Å². The van der Waals surface area contributed by atoms with Gasteiger partial charge in [0.1, 0.15) is 11.5 Å². The van der Waals surface area contributed by atoms with Gasteiger partial charge in [0.25, 0.3) is 0 Å². The molecule has 0 radical (unpaired) electrons. The zero-order valence-electron chi connectivity index (χ0n) is 14.7. The van der Waals surface area contributed by atoms with Gasteiger partial charge in [-0.05, 0) is 48.4 Å². The van der Waals surface area contributed by atoms with Gasteiger partial charge in [0, 0.05) is 18.8 Å². The van der Waals surface area contributed by atoms with Crippen molar-refractivity contribution in [2.45, 2.75) is 13.0 Å². The molecule has 0 atom stereocenters. The number of hydrogen-bond acceptors (Lipinski definition) is 4. The van der Waals surface area contributed by atoms with Gasteiger partial charge in [-0.25, -0.2) is 0 Å². The molecule has 3 N–H and O–H groups in total. The lowest BCUT2D eigenvalue weighted by molar-refractivity contribution is 0.120. The summed E-state index contributed by atoms with van der Waals surface area (Å²) >= 11 is 0. The molecule has 0 saturated carbocycles. The summed E-state index contributed by atoms with van der Waals surface area (Å²) in [6, 6.07) is 15.3. The standard InChI is InChI=1S/C19H25N3O3/c1-23-17-8-4-15(5-9-17)14-25-13-3-12-21-19(20)22-16-6-10-18(24-2)11-7-16/h4-11H,3,12-14H2,1-2H3,(H3,20,21,22). The Labute approximate surface area is 148 Å². The number of nitrogens with one attached hydrogen (secondary N) is 1. The van der Waals surface area contributed by atoms with E-state index in [0.29, 0.717) is 25.7 Å². The van der Waals surface area contributed by atoms with Gasteiger partial charge in [-0.2, -0.15) is 0 Å². The van der Waals surface area contributed by atoms with Crippen LogP contribution in [0.4, 0.5) is 5.69 Å². The summed E-state index contributed by atoms with van der Waals surface area (Å²) in [5.74, 6) is 2.04. The van der Waals surface area contributed by atoms with Crippen LogP contribution < -0.4 is 20.5 Å². The Morgan fingerprint density at radius 3 is 2.16 bits per heavy atom. The van der Waals surface area contributed by atoms with Crippen LogP contribution in [0.2, 0.25) is 0 Å². The van der Waals surface area contributed by atoms with E-state index in [4.69, 9.17) is 19.9 Å². The number of rotatable bonds is 9. The summed E-state index contributed by atoms with van der Waals surface area (Å²) in [6.07, 6.45) is 0.807. The minimum absolute atomic E-state index is 0.389. The van der Waals surface area contributed by atoms with Crippen molar-refractivity contribution in [2.75, 3.05) is 32.7 Å². The average molecular weight is 343 g/mol. The molecule has 0 spiro atoms. The van der Waals surface area contributed by atoms with Crippen molar-refractivity contribution in [2.24, 2.45) is 10.7 Å². The summed E-state index contributed by atoms with van der Waals surface area (Å²) < 4.78 is 15.9. The third-order valence-corrected chi connectivity index (χ3v) is 3.52. The zero-order chi connectivity index (χ0) is 17.9. The summed E-state index contributed by atoms with van der Waals surface area (Å²) in [6.45, 7) is 1.82. The number of hydrogen-bond donors (Lipinski definition) is 2. The van der Waals surface area contributed by atoms with Crippen LogP contribution in [-0.2, 0) is 11.3 Å². The Morgan fingerprint density at radius 2 is 1.56 bits per heavy atom. The molecule has 0 fully saturated rings. The number of anilines is 1. The van der Waals surface area contributed by atoms with Gasteiger partial charge >= 0.3 is 0 Å². The first-order valence-corrected chi connectivity index (χ1v) is 8.13. The first-order chi connectivity index (χ1) is 12.2. The number of aliphatic imine (C=N–C) groups is 1. The molecule has 2 aromatic carbocycles. The van der Waals surface area contributed by atoms with E-state index in [9.17, 15) is 0 Å². The predicted molar refractivity (Wildman–Crippen MR) is 100 cm³/mol. The van der Waals surface area contributed by atoms with Crippen molar-refractivity contribution in [3.8, 4) is 11.5 Å². The molecule has 25 heavy (non-hydrogen) atoms. The second kappa shape index (κ2) is 10.2. The summed E-state index contributed by atoms with van der Waals surface area (Å²) in [4.78, 5) is 4.28. The lowest BCUT2D eigenvalue weighted by Crippen LogP contribution is -2.22. The maximum atomic E-state index is 5.86. The Bertz CT molecular complexity index is 655. The van der Waals surface area contributed by atoms with Crippen molar-refractivity contribution in [1.82, 2.24) is 0 Å². The summed E-state index contributed by atoms with van der Waals surface area (Å²) in [7, 11) is 3.29. The molecule has 0 saturated heterocycles. The molecule has 0 aromatic heterocycles. The second-order valence-electron chi connectivity index (χ2n) is 5.37. The second-order valence-corrected chi connectivity index (χ2v) is 5.37. The predicted octanol–water partition coefficient (Wildman–Crippen LogP) is 3.04. The van der Waals surface area contributed by atoms with Crippen LogP contribution in [0.5, 0.6) is 11.5 Å². The normalized spacial score (nSPS) is 11.2. The Kier molecular flexibility index (Phi) is 7.59. The molecular formula is C19H25N3O3. The monoisotopic (exact) mass is 343 g/mol. The molecular weight excluding hydrogens is 318 g/mol. The van der Waals surface area contributed by atoms with E-state index in [-0.39, 0.29) is 0 Å². The van der Waals surface area contributed by atoms with Crippen LogP contribution in [0.25, 0.3) is 0 Å². The average Bonchev–Trinajstić information content (AvgIpc) is 2.65. The number of nitrogens with two attached hydrogens (primary N) is 1. The molecule has 6 heteroatoms. The van der Waals surface area contributed by atoms with Crippen molar-refractivity contribution < 1.29 is 14.2 Å². The number of benzene rings is 2. The van der Waals surface area contributed by atoms with Gasteiger partial charge in [-0.15, -0.1) is 0 Å². The SMILES string of the molecule is COc1ccc(COCCCN=C(N)Nc2ccc(OC)cc2)cc1. The van der Waals surface area contributed by atoms with Gasteiger partial charge < -0.3 is 25.3 Å². The van der Waals surface area contributed by atoms with Crippen molar-refractivity contribution >= 4 is 11.6 Å². The highest BCUT2D eigenvalue weighted by molar-refractivity contribution is 5.92. The molecule has 0 aliphatic heterocycles. The van der Waals surface area contributed by atoms with Crippen molar-refractivity contribution in [3.05, 3.63) is 54.1 Å². The molecule has 134 valence electrons. The minimum atomic E-state index is 0.389. The largest absolute Gasteiger partial charge is 0.497 e. The molecule has 0 unspecified atom stereocenters. The fourth-order valence-electron chi connectivity index (χ4n) is 2.14. The number of methoxy groups -OCH3 is 2. The van der Waals surface area contributed by atoms with Crippen LogP contribution >= 0.6 is 0 Å². The molecule has 0 amide bonds. The molecule has 0 bridgehead atoms. The molecule has 2 aromatic rings. The highest BCUT2D eigenvalue weighted by atomic mass is 16.5. The van der Waals surface area contributed by atoms with Crippen LogP contribution in [-0.4, -0.2) is 33.3 Å². The first-order valence-electron chi connectivity index (χ1n) is 8.13. The van der Waals surface area contributed by atoms with E-state index in [1.807, 2.05) is 48.5 Å². The molecule has 0 aliphatic carbocycles. The van der Waals surface area contributed by atoms with Crippen molar-refractivity contribution in [3.63, 3.8) is 0 Å². The van der Waals surface area contributed by atoms with Crippen molar-refractivity contribution in [1.29, 1.82) is 0 Å². The van der Waals surface area contributed by atoms with Gasteiger partial charge in [0.05, 0.1) is 20.8 Å². The van der Waals surface area contributed by atoms with E-state index in [0.717, 1.165) is 29.2 Å². The zero-order valence-corrected chi connectivity index (χ0v) is 14.7. The quantitative estimate of drug-likeness (QED) is 0.416. The smallest absolute Gasteiger partial charge is 0.193 e. The number of ether oxygens (including phenoxy) is 3. The van der Waals surface area contributed by atoms with E-state index in [2.05, 4.69) is 10.3 Å². The highest BCUT2D eigenvalue weighted by Crippen LogP contribution is 2.14. The van der Waals surface area contributed by atoms with Gasteiger partial charge in [-0.3, -0.25) is 4.99 Å². The maximum Gasteiger partial charge on any atom is 0.193 e. The fourth-order valence-corrected chi connectivity index (χ4v) is 2.14. The minimum Gasteiger partial charge on any atom is -0.497 e. The fraction of sp³-hybridized carbons (Fsp3) is 0.316. The Hall–Kier alpha value is -2.73. The first kappa shape index (κ1) is 18.6. The lowest BCUT2D eigenvalue weighted by Gasteiger charge is -2.07. The van der Waals surface area contributed by atoms with Crippen LogP contribution in [0.1, 0.15) is 12.0 Å². The lowest BCUT2D eigenvalue weighted by atomic mass is 10.2. The third kappa shape index (κ3) is 6.73. The van der Waals surface area contributed by atoms with Crippen LogP contribution in [0.15, 0.2) is 53.5 Å². The van der Waals surface area contributed by atoms with E-state index in [1.165, 1.54) is 0 Å². The van der Waals surface area contributed by atoms with E-state index < -0.39 is 0 Å². The Balaban J connectivity index is 1.62. The molecule has 0 heterocycles. The molecule has 0 aliphatic rings. The van der Waals surface area contributed by atoms with Gasteiger partial charge in [0.2, 0.25) is 0 Å². The van der Waals surface area contributed by atoms with Gasteiger partial charge in [-0.1, -0.05) is 12.1 Å². The summed E-state index contributed by atoms with van der Waals surface area (Å²) in [5.41, 5.74) is 7.85. The number of nitrogens with zero attached hydrogens (tertiary/aromatic N) is 1. The topological polar surface area (TPSA) is 78.1 Å². The Morgan fingerprint density at radius 1 is 0.960 bits per heavy atom. The van der Waals surface area contributed by atoms with Crippen LogP contribution in [0, 0.1) is 0 Å².